The van der Waals surface area contributed by atoms with E-state index in [0.29, 0.717) is 12.2 Å². The molecule has 4 nitrogen and oxygen atoms in total. The normalized spacial score (nSPS) is 19.6. The summed E-state index contributed by atoms with van der Waals surface area (Å²) in [4.78, 5) is 19.8. The van der Waals surface area contributed by atoms with Crippen molar-refractivity contribution in [2.24, 2.45) is 4.99 Å². The van der Waals surface area contributed by atoms with Gasteiger partial charge in [-0.1, -0.05) is 24.3 Å². The van der Waals surface area contributed by atoms with Crippen molar-refractivity contribution in [3.8, 4) is 0 Å². The number of fused-ring (bicyclic) bond motifs is 1. The summed E-state index contributed by atoms with van der Waals surface area (Å²) >= 11 is 0. The fourth-order valence-electron chi connectivity index (χ4n) is 2.12. The molecule has 90 valence electrons. The Kier molecular flexibility index (Phi) is 2.76. The molecule has 0 spiro atoms. The second kappa shape index (κ2) is 4.56. The van der Waals surface area contributed by atoms with E-state index in [1.165, 1.54) is 0 Å². The summed E-state index contributed by atoms with van der Waals surface area (Å²) in [7, 11) is 0. The first-order chi connectivity index (χ1) is 8.83. The molecule has 1 atom stereocenters. The Balaban J connectivity index is 1.90. The molecule has 2 heterocycles. The minimum atomic E-state index is 0.0401. The highest BCUT2D eigenvalue weighted by atomic mass is 16.1. The number of nitrogens with zero attached hydrogens (tertiary/aromatic N) is 2. The Labute approximate surface area is 105 Å². The highest BCUT2D eigenvalue weighted by Gasteiger charge is 2.18. The molecule has 1 aliphatic heterocycles. The molecular weight excluding hydrogens is 226 g/mol. The van der Waals surface area contributed by atoms with Gasteiger partial charge in [0, 0.05) is 24.2 Å². The summed E-state index contributed by atoms with van der Waals surface area (Å²) in [6, 6.07) is 10.0. The number of aromatic nitrogens is 1. The summed E-state index contributed by atoms with van der Waals surface area (Å²) in [6.07, 6.45) is 4.93. The lowest BCUT2D eigenvalue weighted by atomic mass is 10.1. The third-order valence-corrected chi connectivity index (χ3v) is 3.06. The van der Waals surface area contributed by atoms with Gasteiger partial charge in [-0.3, -0.25) is 4.79 Å². The largest absolute Gasteiger partial charge is 0.348 e. The van der Waals surface area contributed by atoms with E-state index < -0.39 is 0 Å². The van der Waals surface area contributed by atoms with Crippen LogP contribution in [0.1, 0.15) is 12.8 Å². The van der Waals surface area contributed by atoms with Crippen LogP contribution in [0, 0.1) is 0 Å². The Hall–Kier alpha value is -2.23. The van der Waals surface area contributed by atoms with Gasteiger partial charge in [0.15, 0.2) is 5.82 Å². The zero-order valence-electron chi connectivity index (χ0n) is 9.84. The molecule has 1 saturated heterocycles. The zero-order valence-corrected chi connectivity index (χ0v) is 9.84. The van der Waals surface area contributed by atoms with Crippen molar-refractivity contribution < 1.29 is 4.79 Å². The quantitative estimate of drug-likeness (QED) is 0.817. The molecule has 4 heteroatoms. The molecule has 0 saturated carbocycles. The summed E-state index contributed by atoms with van der Waals surface area (Å²) in [5.74, 6) is 0.798. The zero-order chi connectivity index (χ0) is 12.4. The van der Waals surface area contributed by atoms with Gasteiger partial charge in [0.2, 0.25) is 5.91 Å². The van der Waals surface area contributed by atoms with Gasteiger partial charge >= 0.3 is 0 Å². The van der Waals surface area contributed by atoms with Gasteiger partial charge < -0.3 is 5.32 Å². The van der Waals surface area contributed by atoms with Gasteiger partial charge in [-0.15, -0.1) is 0 Å². The van der Waals surface area contributed by atoms with Crippen molar-refractivity contribution in [3.63, 3.8) is 0 Å². The van der Waals surface area contributed by atoms with E-state index >= 15 is 0 Å². The van der Waals surface area contributed by atoms with Crippen molar-refractivity contribution in [1.29, 1.82) is 0 Å². The van der Waals surface area contributed by atoms with E-state index in [4.69, 9.17) is 0 Å². The lowest BCUT2D eigenvalue weighted by molar-refractivity contribution is -0.119. The molecule has 0 bridgehead atoms. The Bertz CT molecular complexity index is 616. The van der Waals surface area contributed by atoms with E-state index in [9.17, 15) is 4.79 Å². The number of nitrogens with one attached hydrogen (secondary N) is 1. The van der Waals surface area contributed by atoms with Crippen molar-refractivity contribution >= 4 is 28.7 Å². The predicted molar refractivity (Wildman–Crippen MR) is 71.1 cm³/mol. The highest BCUT2D eigenvalue weighted by Crippen LogP contribution is 2.22. The number of hydrogen-bond acceptors (Lipinski definition) is 3. The Morgan fingerprint density at radius 3 is 3.06 bits per heavy atom. The van der Waals surface area contributed by atoms with Crippen LogP contribution >= 0.6 is 0 Å². The summed E-state index contributed by atoms with van der Waals surface area (Å²) in [6.45, 7) is 0. The van der Waals surface area contributed by atoms with Crippen LogP contribution in [0.3, 0.4) is 0 Å². The van der Waals surface area contributed by atoms with Crippen LogP contribution in [0.5, 0.6) is 0 Å². The van der Waals surface area contributed by atoms with E-state index in [1.807, 2.05) is 30.3 Å². The van der Waals surface area contributed by atoms with Crippen LogP contribution in [0.25, 0.3) is 10.8 Å². The fraction of sp³-hybridized carbons (Fsp3) is 0.214. The SMILES string of the molecule is O=C1CCC(C=Nc2nccc3ccccc23)N1. The lowest BCUT2D eigenvalue weighted by Gasteiger charge is -2.03. The van der Waals surface area contributed by atoms with Crippen LogP contribution in [-0.2, 0) is 4.79 Å². The van der Waals surface area contributed by atoms with Crippen LogP contribution in [0.15, 0.2) is 41.5 Å². The number of hydrogen-bond donors (Lipinski definition) is 1. The number of benzene rings is 1. The molecule has 1 aromatic heterocycles. The molecule has 1 aromatic carbocycles. The first kappa shape index (κ1) is 10.9. The first-order valence-electron chi connectivity index (χ1n) is 6.00. The fourth-order valence-corrected chi connectivity index (χ4v) is 2.12. The monoisotopic (exact) mass is 239 g/mol. The summed E-state index contributed by atoms with van der Waals surface area (Å²) < 4.78 is 0. The molecule has 1 unspecified atom stereocenters. The van der Waals surface area contributed by atoms with Gasteiger partial charge in [0.05, 0.1) is 6.04 Å². The van der Waals surface area contributed by atoms with Crippen LogP contribution < -0.4 is 5.32 Å². The molecule has 3 rings (SSSR count). The maximum absolute atomic E-state index is 11.1. The molecule has 0 aliphatic carbocycles. The molecule has 1 amide bonds. The molecule has 1 N–H and O–H groups in total. The third-order valence-electron chi connectivity index (χ3n) is 3.06. The maximum Gasteiger partial charge on any atom is 0.220 e. The van der Waals surface area contributed by atoms with Crippen LogP contribution in [-0.4, -0.2) is 23.1 Å². The number of carbonyl (C=O) groups is 1. The number of aliphatic imine (C=N–C) groups is 1. The predicted octanol–water partition coefficient (Wildman–Crippen LogP) is 2.22. The van der Waals surface area contributed by atoms with Gasteiger partial charge in [0.1, 0.15) is 0 Å². The van der Waals surface area contributed by atoms with E-state index in [1.54, 1.807) is 12.4 Å². The lowest BCUT2D eigenvalue weighted by Crippen LogP contribution is -2.26. The molecular formula is C14H13N3O. The number of pyridine rings is 1. The average Bonchev–Trinajstić information content (AvgIpc) is 2.82. The van der Waals surface area contributed by atoms with E-state index in [0.717, 1.165) is 17.2 Å². The average molecular weight is 239 g/mol. The Morgan fingerprint density at radius 2 is 2.22 bits per heavy atom. The molecule has 1 aliphatic rings. The topological polar surface area (TPSA) is 54.4 Å². The molecule has 0 radical (unpaired) electrons. The van der Waals surface area contributed by atoms with Crippen molar-refractivity contribution in [1.82, 2.24) is 10.3 Å². The first-order valence-corrected chi connectivity index (χ1v) is 6.00. The summed E-state index contributed by atoms with van der Waals surface area (Å²) in [5, 5.41) is 5.00. The number of rotatable bonds is 2. The van der Waals surface area contributed by atoms with Gasteiger partial charge in [0.25, 0.3) is 0 Å². The maximum atomic E-state index is 11.1. The Morgan fingerprint density at radius 1 is 1.33 bits per heavy atom. The molecule has 1 fully saturated rings. The second-order valence-electron chi connectivity index (χ2n) is 4.35. The second-order valence-corrected chi connectivity index (χ2v) is 4.35. The minimum Gasteiger partial charge on any atom is -0.348 e. The molecule has 18 heavy (non-hydrogen) atoms. The number of carbonyl (C=O) groups excluding carboxylic acids is 1. The van der Waals surface area contributed by atoms with Gasteiger partial charge in [-0.2, -0.15) is 0 Å². The van der Waals surface area contributed by atoms with Gasteiger partial charge in [-0.05, 0) is 17.9 Å². The molecule has 2 aromatic rings. The third kappa shape index (κ3) is 2.09. The highest BCUT2D eigenvalue weighted by molar-refractivity contribution is 5.92. The smallest absolute Gasteiger partial charge is 0.220 e. The summed E-state index contributed by atoms with van der Waals surface area (Å²) in [5.41, 5.74) is 0. The van der Waals surface area contributed by atoms with Crippen molar-refractivity contribution in [3.05, 3.63) is 36.5 Å². The number of amides is 1. The van der Waals surface area contributed by atoms with Crippen molar-refractivity contribution in [2.45, 2.75) is 18.9 Å². The standard InChI is InChI=1S/C14H13N3O/c18-13-6-5-11(17-13)9-16-14-12-4-2-1-3-10(12)7-8-15-14/h1-4,7-9,11H,5-6H2,(H,17,18). The van der Waals surface area contributed by atoms with E-state index in [2.05, 4.69) is 15.3 Å². The van der Waals surface area contributed by atoms with Crippen LogP contribution in [0.4, 0.5) is 5.82 Å². The van der Waals surface area contributed by atoms with Crippen LogP contribution in [0.2, 0.25) is 0 Å². The van der Waals surface area contributed by atoms with Gasteiger partial charge in [-0.25, -0.2) is 9.98 Å². The minimum absolute atomic E-state index is 0.0401. The van der Waals surface area contributed by atoms with E-state index in [-0.39, 0.29) is 11.9 Å². The van der Waals surface area contributed by atoms with Crippen molar-refractivity contribution in [2.75, 3.05) is 0 Å².